The summed E-state index contributed by atoms with van der Waals surface area (Å²) in [5.74, 6) is 3.57. The Hall–Kier alpha value is -13.0. The number of nitrogens with zero attached hydrogens (tertiary/aromatic N) is 16. The highest BCUT2D eigenvalue weighted by atomic mass is 35.5. The molecule has 4 amide bonds. The van der Waals surface area contributed by atoms with Crippen LogP contribution in [0.25, 0.3) is 0 Å². The molecular formula is C84H99Cl4FN28O8. The van der Waals surface area contributed by atoms with E-state index in [2.05, 4.69) is 129 Å². The number of aliphatic hydroxyl groups excluding tert-OH is 2. The van der Waals surface area contributed by atoms with Crippen molar-refractivity contribution in [2.75, 3.05) is 159 Å². The van der Waals surface area contributed by atoms with Gasteiger partial charge in [-0.05, 0) is 94.4 Å². The maximum Gasteiger partial charge on any atom is 0.277 e. The summed E-state index contributed by atoms with van der Waals surface area (Å²) >= 11 is 25.4. The second-order valence-electron chi connectivity index (χ2n) is 28.3. The van der Waals surface area contributed by atoms with Gasteiger partial charge >= 0.3 is 0 Å². The van der Waals surface area contributed by atoms with Gasteiger partial charge in [0.05, 0.1) is 163 Å². The number of aryl methyl sites for hydroxylation is 7. The molecule has 2 aliphatic heterocycles. The molecule has 0 unspecified atom stereocenters. The van der Waals surface area contributed by atoms with Gasteiger partial charge in [0.1, 0.15) is 52.4 Å². The number of hydrogen-bond donors (Lipinski definition) is 14. The van der Waals surface area contributed by atoms with Gasteiger partial charge in [0.25, 0.3) is 23.6 Å². The predicted octanol–water partition coefficient (Wildman–Crippen LogP) is 12.9. The number of aliphatic hydroxyl groups is 2. The standard InChI is InChI=1S/2C24H31ClN8O2.C18H18ClFN6O2.C18H19ClN6O2/c1-16-12-23(31(3)30-16)29-22-14-21(19(25)15-27-22)28-20-5-4-17(13-18(20)24(35)26-2)33-8-6-32(7-9-33)10-11-34;1-3-33-23(6-7-28-33)30-22-15-21(19(25)16-27-22)29-20-5-4-17(14-18(20)24(35)26-2)32-10-8-31(9-11-32)12-13-34;1-10-6-17(26(2)24-10)23-16-8-15(13(19)9-21-16)22-14-5-4-11(20)7-12(14)18(27)25-28-3;1-11-8-17(25(2)23-11)22-16-9-15(13(19)10-20-16)21-14-7-5-4-6-12(14)18(26)24-27-3/h4-5,12-15,34H,6-11H2,1-3H3,(H,26,35)(H2,27,28,29);4-7,14-16,34H,3,8-13H2,1-2H3,(H,26,35)(H2,27,29,30);4-9H,1-3H3,(H,25,27)(H2,21,22,23);4-10H,1-3H3,(H,24,26)(H2,20,21,22). The van der Waals surface area contributed by atoms with Gasteiger partial charge in [-0.3, -0.25) is 52.7 Å². The van der Waals surface area contributed by atoms with Crippen molar-refractivity contribution in [2.24, 2.45) is 21.1 Å². The number of amides is 4. The summed E-state index contributed by atoms with van der Waals surface area (Å²) in [4.78, 5) is 85.4. The van der Waals surface area contributed by atoms with Crippen LogP contribution >= 0.6 is 46.4 Å². The molecule has 12 aromatic rings. The lowest BCUT2D eigenvalue weighted by atomic mass is 10.1. The minimum absolute atomic E-state index is 0.0616. The van der Waals surface area contributed by atoms with E-state index in [-0.39, 0.29) is 36.5 Å². The van der Waals surface area contributed by atoms with Crippen LogP contribution in [0.15, 0.2) is 158 Å². The Bertz CT molecular complexity index is 5720. The zero-order valence-corrected chi connectivity index (χ0v) is 73.6. The fraction of sp³-hybridized carbons (Fsp3) is 0.286. The molecule has 0 spiro atoms. The molecule has 36 nitrogen and oxygen atoms in total. The Morgan fingerprint density at radius 3 is 1.10 bits per heavy atom. The van der Waals surface area contributed by atoms with Gasteiger partial charge < -0.3 is 73.2 Å². The average Bonchev–Trinajstić information content (AvgIpc) is 1.77. The maximum atomic E-state index is 13.6. The number of β-amino-alcohol motifs (C(OH)–C–C–N with tert-alkyl or cyclic N) is 2. The van der Waals surface area contributed by atoms with Crippen molar-refractivity contribution in [3.8, 4) is 0 Å². The smallest absolute Gasteiger partial charge is 0.277 e. The summed E-state index contributed by atoms with van der Waals surface area (Å²) < 4.78 is 20.6. The van der Waals surface area contributed by atoms with Crippen molar-refractivity contribution in [1.29, 1.82) is 0 Å². The van der Waals surface area contributed by atoms with E-state index in [4.69, 9.17) is 51.2 Å². The van der Waals surface area contributed by atoms with E-state index in [0.29, 0.717) is 119 Å². The maximum absolute atomic E-state index is 13.6. The summed E-state index contributed by atoms with van der Waals surface area (Å²) in [5.41, 5.74) is 15.2. The topological polar surface area (TPSA) is 407 Å². The molecule has 0 radical (unpaired) electrons. The minimum atomic E-state index is -0.599. The van der Waals surface area contributed by atoms with Crippen LogP contribution in [0.1, 0.15) is 65.4 Å². The molecule has 4 aromatic carbocycles. The van der Waals surface area contributed by atoms with E-state index in [1.807, 2.05) is 120 Å². The van der Waals surface area contributed by atoms with Crippen LogP contribution in [-0.2, 0) is 37.4 Å². The quantitative estimate of drug-likeness (QED) is 0.0194. The van der Waals surface area contributed by atoms with Crippen LogP contribution in [-0.4, -0.2) is 210 Å². The third-order valence-electron chi connectivity index (χ3n) is 19.6. The summed E-state index contributed by atoms with van der Waals surface area (Å²) in [7, 11) is 11.4. The Balaban J connectivity index is 0.000000163. The minimum Gasteiger partial charge on any atom is -0.395 e. The molecule has 0 saturated carbocycles. The van der Waals surface area contributed by atoms with Crippen LogP contribution in [0.2, 0.25) is 20.1 Å². The number of carbonyl (C=O) groups excluding carboxylic acids is 4. The van der Waals surface area contributed by atoms with E-state index < -0.39 is 11.7 Å². The fourth-order valence-corrected chi connectivity index (χ4v) is 14.0. The monoisotopic (exact) mass is 1790 g/mol. The van der Waals surface area contributed by atoms with Gasteiger partial charge in [-0.2, -0.15) is 20.4 Å². The van der Waals surface area contributed by atoms with Crippen molar-refractivity contribution in [3.05, 3.63) is 224 Å². The SMILES string of the molecule is CCn1nccc1Nc1cc(Nc2ccc(N3CCN(CCO)CC3)cc2C(=O)NC)c(Cl)cn1.CNC(=O)c1cc(N2CCN(CCO)CC2)ccc1Nc1cc(Nc2cc(C)nn2C)ncc1Cl.CONC(=O)c1cc(F)ccc1Nc1cc(Nc2cc(C)nn2C)ncc1Cl.CONC(=O)c1ccccc1Nc1cc(Nc2cc(C)nn2C)ncc1Cl. The van der Waals surface area contributed by atoms with E-state index in [0.717, 1.165) is 117 Å². The van der Waals surface area contributed by atoms with Gasteiger partial charge in [-0.25, -0.2) is 40.0 Å². The first kappa shape index (κ1) is 92.8. The number of pyridine rings is 4. The normalized spacial score (nSPS) is 12.6. The summed E-state index contributed by atoms with van der Waals surface area (Å²) in [6.07, 6.45) is 7.86. The van der Waals surface area contributed by atoms with E-state index >= 15 is 0 Å². The number of carbonyl (C=O) groups is 4. The first-order valence-electron chi connectivity index (χ1n) is 39.5. The molecular weight excluding hydrogens is 1690 g/mol. The Morgan fingerprint density at radius 2 is 0.760 bits per heavy atom. The molecule has 0 aliphatic carbocycles. The first-order valence-corrected chi connectivity index (χ1v) is 41.0. The third-order valence-corrected chi connectivity index (χ3v) is 20.8. The molecule has 0 bridgehead atoms. The summed E-state index contributed by atoms with van der Waals surface area (Å²) in [5, 5.41) is 68.2. The van der Waals surface area contributed by atoms with Crippen LogP contribution in [0.4, 0.5) is 108 Å². The average molecular weight is 1790 g/mol. The number of hydroxylamine groups is 2. The zero-order valence-electron chi connectivity index (χ0n) is 70.6. The number of rotatable bonds is 29. The molecule has 8 aromatic heterocycles. The Kier molecular flexibility index (Phi) is 32.9. The summed E-state index contributed by atoms with van der Waals surface area (Å²) in [6, 6.07) is 37.0. The number of nitrogens with one attached hydrogen (secondary N) is 12. The molecule has 10 heterocycles. The zero-order chi connectivity index (χ0) is 89.4. The highest BCUT2D eigenvalue weighted by molar-refractivity contribution is 6.34. The molecule has 0 atom stereocenters. The Morgan fingerprint density at radius 1 is 0.416 bits per heavy atom. The second-order valence-corrected chi connectivity index (χ2v) is 30.0. The van der Waals surface area contributed by atoms with E-state index in [9.17, 15) is 33.8 Å². The number of aromatic nitrogens is 12. The van der Waals surface area contributed by atoms with Crippen molar-refractivity contribution in [3.63, 3.8) is 0 Å². The lowest BCUT2D eigenvalue weighted by Gasteiger charge is -2.36. The van der Waals surface area contributed by atoms with Gasteiger partial charge in [-0.15, -0.1) is 0 Å². The van der Waals surface area contributed by atoms with Crippen molar-refractivity contribution >= 4 is 173 Å². The molecule has 125 heavy (non-hydrogen) atoms. The third kappa shape index (κ3) is 25.2. The molecule has 14 N–H and O–H groups in total. The van der Waals surface area contributed by atoms with E-state index in [1.165, 1.54) is 38.7 Å². The number of hydrogen-bond acceptors (Lipinski definition) is 28. The van der Waals surface area contributed by atoms with Gasteiger partial charge in [0.2, 0.25) is 0 Å². The fourth-order valence-electron chi connectivity index (χ4n) is 13.4. The molecule has 14 rings (SSSR count). The lowest BCUT2D eigenvalue weighted by molar-refractivity contribution is 0.0534. The second kappa shape index (κ2) is 44.4. The van der Waals surface area contributed by atoms with Crippen LogP contribution in [0.3, 0.4) is 0 Å². The van der Waals surface area contributed by atoms with Crippen LogP contribution in [0, 0.1) is 26.6 Å². The Labute approximate surface area is 741 Å². The summed E-state index contributed by atoms with van der Waals surface area (Å²) in [6.45, 7) is 17.0. The number of benzene rings is 4. The molecule has 2 saturated heterocycles. The predicted molar refractivity (Wildman–Crippen MR) is 488 cm³/mol. The number of para-hydroxylation sites is 1. The van der Waals surface area contributed by atoms with Crippen LogP contribution < -0.4 is 73.9 Å². The molecule has 658 valence electrons. The highest BCUT2D eigenvalue weighted by Crippen LogP contribution is 2.37. The number of anilines is 18. The lowest BCUT2D eigenvalue weighted by Crippen LogP contribution is -2.47. The van der Waals surface area contributed by atoms with Crippen molar-refractivity contribution in [1.82, 2.24) is 90.5 Å². The van der Waals surface area contributed by atoms with E-state index in [1.54, 1.807) is 89.2 Å². The van der Waals surface area contributed by atoms with Gasteiger partial charge in [0.15, 0.2) is 0 Å². The molecule has 41 heteroatoms. The number of halogens is 5. The molecule has 2 aliphatic rings. The van der Waals surface area contributed by atoms with Gasteiger partial charge in [-0.1, -0.05) is 58.5 Å². The molecule has 2 fully saturated rings. The van der Waals surface area contributed by atoms with Crippen LogP contribution in [0.5, 0.6) is 0 Å². The largest absolute Gasteiger partial charge is 0.395 e. The van der Waals surface area contributed by atoms with Gasteiger partial charge in [0, 0.05) is 167 Å². The number of piperazine rings is 2. The highest BCUT2D eigenvalue weighted by Gasteiger charge is 2.25. The van der Waals surface area contributed by atoms with Crippen molar-refractivity contribution in [2.45, 2.75) is 34.2 Å². The van der Waals surface area contributed by atoms with Crippen molar-refractivity contribution < 1.29 is 43.5 Å². The first-order chi connectivity index (χ1) is 60.2.